The summed E-state index contributed by atoms with van der Waals surface area (Å²) < 4.78 is 17.7. The molecular formula is C12H13F2NO2. The lowest BCUT2D eigenvalue weighted by atomic mass is 10.0. The summed E-state index contributed by atoms with van der Waals surface area (Å²) in [7, 11) is 1.34. The van der Waals surface area contributed by atoms with E-state index >= 15 is 0 Å². The average molecular weight is 241 g/mol. The molecule has 3 nitrogen and oxygen atoms in total. The van der Waals surface area contributed by atoms with Crippen LogP contribution in [0.3, 0.4) is 0 Å². The van der Waals surface area contributed by atoms with Gasteiger partial charge in [-0.3, -0.25) is 4.70 Å². The van der Waals surface area contributed by atoms with Gasteiger partial charge in [-0.05, 0) is 17.7 Å². The van der Waals surface area contributed by atoms with E-state index in [-0.39, 0.29) is 22.5 Å². The zero-order chi connectivity index (χ0) is 11.5. The van der Waals surface area contributed by atoms with E-state index in [1.165, 1.54) is 19.2 Å². The third kappa shape index (κ3) is 2.68. The maximum absolute atomic E-state index is 13.1. The first-order valence-electron chi connectivity index (χ1n) is 4.99. The van der Waals surface area contributed by atoms with Gasteiger partial charge in [0.15, 0.2) is 0 Å². The van der Waals surface area contributed by atoms with Gasteiger partial charge < -0.3 is 10.1 Å². The Morgan fingerprint density at radius 1 is 1.53 bits per heavy atom. The van der Waals surface area contributed by atoms with E-state index in [1.807, 2.05) is 0 Å². The summed E-state index contributed by atoms with van der Waals surface area (Å²) in [6, 6.07) is 5.92. The first kappa shape index (κ1) is 13.3. The summed E-state index contributed by atoms with van der Waals surface area (Å²) in [5.41, 5.74) is 1.27. The molecule has 1 atom stereocenters. The Bertz CT molecular complexity index is 446. The van der Waals surface area contributed by atoms with Gasteiger partial charge in [-0.1, -0.05) is 18.2 Å². The number of esters is 1. The van der Waals surface area contributed by atoms with Crippen LogP contribution in [0.1, 0.15) is 11.6 Å². The Hall–Kier alpha value is -1.75. The second kappa shape index (κ2) is 5.54. The summed E-state index contributed by atoms with van der Waals surface area (Å²) in [5, 5.41) is 3.11. The van der Waals surface area contributed by atoms with Crippen molar-refractivity contribution in [3.05, 3.63) is 47.3 Å². The van der Waals surface area contributed by atoms with Crippen molar-refractivity contribution in [2.75, 3.05) is 13.7 Å². The Morgan fingerprint density at radius 3 is 2.94 bits per heavy atom. The maximum Gasteiger partial charge on any atom is 0.335 e. The van der Waals surface area contributed by atoms with Crippen molar-refractivity contribution in [2.24, 2.45) is 0 Å². The van der Waals surface area contributed by atoms with Gasteiger partial charge in [-0.2, -0.15) is 0 Å². The number of ether oxygens (including phenoxy) is 1. The minimum Gasteiger partial charge on any atom is -0.466 e. The van der Waals surface area contributed by atoms with E-state index in [0.717, 1.165) is 5.56 Å². The summed E-state index contributed by atoms with van der Waals surface area (Å²) in [5.74, 6) is -0.685. The van der Waals surface area contributed by atoms with Crippen LogP contribution in [0.5, 0.6) is 0 Å². The van der Waals surface area contributed by atoms with Crippen molar-refractivity contribution in [2.45, 2.75) is 6.04 Å². The first-order chi connectivity index (χ1) is 7.72. The Kier molecular flexibility index (Phi) is 4.34. The molecule has 1 aliphatic heterocycles. The molecule has 1 heterocycles. The van der Waals surface area contributed by atoms with Gasteiger partial charge in [-0.15, -0.1) is 0 Å². The number of carbonyl (C=O) groups is 1. The third-order valence-electron chi connectivity index (χ3n) is 2.56. The highest BCUT2D eigenvalue weighted by Gasteiger charge is 2.26. The Labute approximate surface area is 97.6 Å². The highest BCUT2D eigenvalue weighted by molar-refractivity contribution is 5.90. The predicted octanol–water partition coefficient (Wildman–Crippen LogP) is 1.72. The molecule has 0 bridgehead atoms. The molecule has 0 amide bonds. The molecule has 0 aromatic heterocycles. The molecule has 0 saturated heterocycles. The van der Waals surface area contributed by atoms with Gasteiger partial charge in [0.1, 0.15) is 5.82 Å². The lowest BCUT2D eigenvalue weighted by molar-refractivity contribution is -0.136. The molecule has 92 valence electrons. The average Bonchev–Trinajstić information content (AvgIpc) is 2.77. The molecule has 0 saturated carbocycles. The van der Waals surface area contributed by atoms with Crippen molar-refractivity contribution >= 4 is 5.97 Å². The lowest BCUT2D eigenvalue weighted by Gasteiger charge is -2.14. The number of nitrogens with one attached hydrogen (secondary N) is 1. The molecule has 2 rings (SSSR count). The first-order valence-corrected chi connectivity index (χ1v) is 4.99. The van der Waals surface area contributed by atoms with Crippen molar-refractivity contribution in [3.63, 3.8) is 0 Å². The molecule has 5 heteroatoms. The lowest BCUT2D eigenvalue weighted by Crippen LogP contribution is -2.20. The zero-order valence-electron chi connectivity index (χ0n) is 9.27. The molecule has 0 fully saturated rings. The molecular weight excluding hydrogens is 228 g/mol. The minimum absolute atomic E-state index is 0. The number of benzene rings is 1. The molecule has 0 spiro atoms. The van der Waals surface area contributed by atoms with E-state index in [9.17, 15) is 9.18 Å². The van der Waals surface area contributed by atoms with Crippen LogP contribution in [0.4, 0.5) is 9.09 Å². The quantitative estimate of drug-likeness (QED) is 0.801. The number of carbonyl (C=O) groups excluding carboxylic acids is 1. The number of hydrogen-bond donors (Lipinski definition) is 1. The smallest absolute Gasteiger partial charge is 0.335 e. The second-order valence-corrected chi connectivity index (χ2v) is 3.55. The van der Waals surface area contributed by atoms with Crippen molar-refractivity contribution in [1.29, 1.82) is 0 Å². The van der Waals surface area contributed by atoms with Crippen molar-refractivity contribution < 1.29 is 18.6 Å². The topological polar surface area (TPSA) is 38.3 Å². The fourth-order valence-corrected chi connectivity index (χ4v) is 1.82. The van der Waals surface area contributed by atoms with E-state index in [4.69, 9.17) is 0 Å². The summed E-state index contributed by atoms with van der Waals surface area (Å²) in [4.78, 5) is 11.5. The molecule has 0 radical (unpaired) electrons. The second-order valence-electron chi connectivity index (χ2n) is 3.55. The van der Waals surface area contributed by atoms with Crippen LogP contribution in [-0.4, -0.2) is 19.6 Å². The number of rotatable bonds is 2. The number of hydrogen-bond acceptors (Lipinski definition) is 3. The van der Waals surface area contributed by atoms with Crippen LogP contribution in [0.25, 0.3) is 0 Å². The monoisotopic (exact) mass is 241 g/mol. The fourth-order valence-electron chi connectivity index (χ4n) is 1.82. The third-order valence-corrected chi connectivity index (χ3v) is 2.56. The van der Waals surface area contributed by atoms with Crippen LogP contribution in [0, 0.1) is 5.82 Å². The fraction of sp³-hybridized carbons (Fsp3) is 0.250. The molecule has 1 unspecified atom stereocenters. The van der Waals surface area contributed by atoms with Crippen LogP contribution in [-0.2, 0) is 9.53 Å². The zero-order valence-corrected chi connectivity index (χ0v) is 9.27. The summed E-state index contributed by atoms with van der Waals surface area (Å²) in [6.45, 7) is 0.589. The van der Waals surface area contributed by atoms with E-state index in [1.54, 1.807) is 18.2 Å². The SMILES string of the molecule is COC(=O)C1=CCNC1c1cccc(F)c1.F. The van der Waals surface area contributed by atoms with Gasteiger partial charge in [-0.25, -0.2) is 9.18 Å². The van der Waals surface area contributed by atoms with Crippen molar-refractivity contribution in [1.82, 2.24) is 5.32 Å². The standard InChI is InChI=1S/C12H12FNO2.FH/c1-16-12(15)10-5-6-14-11(10)8-3-2-4-9(13)7-8;/h2-5,7,11,14H,6H2,1H3;1H. The Morgan fingerprint density at radius 2 is 2.29 bits per heavy atom. The van der Waals surface area contributed by atoms with Gasteiger partial charge in [0.05, 0.1) is 18.7 Å². The molecule has 17 heavy (non-hydrogen) atoms. The molecule has 1 N–H and O–H groups in total. The van der Waals surface area contributed by atoms with E-state index < -0.39 is 0 Å². The van der Waals surface area contributed by atoms with E-state index in [0.29, 0.717) is 12.1 Å². The number of halogens is 2. The van der Waals surface area contributed by atoms with E-state index in [2.05, 4.69) is 10.1 Å². The molecule has 0 aliphatic carbocycles. The van der Waals surface area contributed by atoms with Crippen molar-refractivity contribution in [3.8, 4) is 0 Å². The highest BCUT2D eigenvalue weighted by atomic mass is 19.1. The van der Waals surface area contributed by atoms with Gasteiger partial charge in [0, 0.05) is 6.54 Å². The molecule has 1 aromatic rings. The Balaban J connectivity index is 0.00000144. The van der Waals surface area contributed by atoms with Crippen LogP contribution >= 0.6 is 0 Å². The minimum atomic E-state index is -0.376. The maximum atomic E-state index is 13.1. The van der Waals surface area contributed by atoms with Crippen LogP contribution < -0.4 is 5.32 Å². The number of methoxy groups -OCH3 is 1. The molecule has 1 aromatic carbocycles. The normalized spacial score (nSPS) is 18.2. The van der Waals surface area contributed by atoms with Gasteiger partial charge >= 0.3 is 5.97 Å². The summed E-state index contributed by atoms with van der Waals surface area (Å²) >= 11 is 0. The molecule has 1 aliphatic rings. The predicted molar refractivity (Wildman–Crippen MR) is 59.7 cm³/mol. The van der Waals surface area contributed by atoms with Crippen LogP contribution in [0.15, 0.2) is 35.9 Å². The largest absolute Gasteiger partial charge is 0.466 e. The van der Waals surface area contributed by atoms with Gasteiger partial charge in [0.2, 0.25) is 0 Å². The van der Waals surface area contributed by atoms with Crippen LogP contribution in [0.2, 0.25) is 0 Å². The summed E-state index contributed by atoms with van der Waals surface area (Å²) in [6.07, 6.45) is 1.77. The highest BCUT2D eigenvalue weighted by Crippen LogP contribution is 2.26. The van der Waals surface area contributed by atoms with Gasteiger partial charge in [0.25, 0.3) is 0 Å².